The summed E-state index contributed by atoms with van der Waals surface area (Å²) in [6.07, 6.45) is 0. The zero-order valence-electron chi connectivity index (χ0n) is 8.72. The van der Waals surface area contributed by atoms with Gasteiger partial charge in [-0.15, -0.1) is 0 Å². The molecular weight excluding hydrogens is 160 g/mol. The Bertz CT molecular complexity index is 385. The maximum Gasteiger partial charge on any atom is 0.137 e. The van der Waals surface area contributed by atoms with Crippen molar-refractivity contribution in [2.24, 2.45) is 0 Å². The van der Waals surface area contributed by atoms with Crippen LogP contribution in [0.2, 0.25) is 0 Å². The molecule has 1 nitrogen and oxygen atoms in total. The van der Waals surface area contributed by atoms with Crippen LogP contribution in [0.3, 0.4) is 0 Å². The number of hydrogen-bond donors (Lipinski definition) is 0. The first-order chi connectivity index (χ1) is 6.27. The lowest BCUT2D eigenvalue weighted by Gasteiger charge is -1.90. The zero-order valence-corrected chi connectivity index (χ0v) is 8.72. The van der Waals surface area contributed by atoms with Crippen LogP contribution in [-0.4, -0.2) is 0 Å². The quantitative estimate of drug-likeness (QED) is 0.589. The van der Waals surface area contributed by atoms with Gasteiger partial charge in [-0.3, -0.25) is 0 Å². The van der Waals surface area contributed by atoms with Crippen molar-refractivity contribution >= 4 is 11.0 Å². The highest BCUT2D eigenvalue weighted by Gasteiger charge is 2.00. The van der Waals surface area contributed by atoms with Crippen LogP contribution in [0.25, 0.3) is 11.0 Å². The summed E-state index contributed by atoms with van der Waals surface area (Å²) in [4.78, 5) is 0. The van der Waals surface area contributed by atoms with Gasteiger partial charge < -0.3 is 4.42 Å². The predicted molar refractivity (Wildman–Crippen MR) is 57.0 cm³/mol. The van der Waals surface area contributed by atoms with Crippen LogP contribution in [0, 0.1) is 13.8 Å². The summed E-state index contributed by atoms with van der Waals surface area (Å²) in [5.74, 6) is 0.981. The lowest BCUT2D eigenvalue weighted by Crippen LogP contribution is -1.69. The number of hydrogen-bond acceptors (Lipinski definition) is 1. The molecule has 0 aliphatic carbocycles. The van der Waals surface area contributed by atoms with Gasteiger partial charge in [0.2, 0.25) is 0 Å². The molecule has 0 saturated heterocycles. The number of rotatable bonds is 0. The largest absolute Gasteiger partial charge is 0.461 e. The van der Waals surface area contributed by atoms with E-state index in [1.165, 1.54) is 10.9 Å². The van der Waals surface area contributed by atoms with Gasteiger partial charge >= 0.3 is 0 Å². The molecule has 2 aromatic rings. The average molecular weight is 176 g/mol. The van der Waals surface area contributed by atoms with Gasteiger partial charge in [-0.1, -0.05) is 32.0 Å². The van der Waals surface area contributed by atoms with E-state index in [0.717, 1.165) is 11.3 Å². The van der Waals surface area contributed by atoms with E-state index in [1.54, 1.807) is 0 Å². The SMILES string of the molecule is CC.Cc1cc2cccc(C)c2o1. The number of furan rings is 1. The van der Waals surface area contributed by atoms with E-state index in [0.29, 0.717) is 0 Å². The van der Waals surface area contributed by atoms with E-state index in [9.17, 15) is 0 Å². The van der Waals surface area contributed by atoms with Crippen LogP contribution in [-0.2, 0) is 0 Å². The molecule has 1 heteroatoms. The molecule has 0 radical (unpaired) electrons. The molecule has 0 aliphatic heterocycles. The molecule has 0 unspecified atom stereocenters. The van der Waals surface area contributed by atoms with Crippen molar-refractivity contribution in [1.29, 1.82) is 0 Å². The highest BCUT2D eigenvalue weighted by atomic mass is 16.3. The molecule has 0 saturated carbocycles. The van der Waals surface area contributed by atoms with E-state index in [2.05, 4.69) is 25.1 Å². The predicted octanol–water partition coefficient (Wildman–Crippen LogP) is 4.08. The normalized spacial score (nSPS) is 9.54. The van der Waals surface area contributed by atoms with Gasteiger partial charge in [-0.2, -0.15) is 0 Å². The van der Waals surface area contributed by atoms with Gasteiger partial charge in [-0.05, 0) is 25.5 Å². The van der Waals surface area contributed by atoms with Gasteiger partial charge in [0.25, 0.3) is 0 Å². The second-order valence-electron chi connectivity index (χ2n) is 2.85. The first-order valence-corrected chi connectivity index (χ1v) is 4.73. The fourth-order valence-corrected chi connectivity index (χ4v) is 1.34. The molecule has 70 valence electrons. The summed E-state index contributed by atoms with van der Waals surface area (Å²) in [6.45, 7) is 8.03. The smallest absolute Gasteiger partial charge is 0.137 e. The Kier molecular flexibility index (Phi) is 3.13. The molecule has 0 fully saturated rings. The van der Waals surface area contributed by atoms with Crippen molar-refractivity contribution in [3.63, 3.8) is 0 Å². The van der Waals surface area contributed by atoms with Gasteiger partial charge in [0.05, 0.1) is 0 Å². The third-order valence-electron chi connectivity index (χ3n) is 1.86. The molecule has 0 bridgehead atoms. The number of aryl methyl sites for hydroxylation is 2. The molecule has 0 amide bonds. The van der Waals surface area contributed by atoms with E-state index in [1.807, 2.05) is 26.8 Å². The molecule has 0 aliphatic rings. The monoisotopic (exact) mass is 176 g/mol. The Morgan fingerprint density at radius 3 is 2.38 bits per heavy atom. The minimum atomic E-state index is 0.981. The van der Waals surface area contributed by atoms with Gasteiger partial charge in [0.15, 0.2) is 0 Å². The molecular formula is C12H16O. The average Bonchev–Trinajstić information content (AvgIpc) is 2.51. The van der Waals surface area contributed by atoms with Crippen LogP contribution in [0.1, 0.15) is 25.2 Å². The molecule has 2 rings (SSSR count). The molecule has 1 aromatic heterocycles. The number of para-hydroxylation sites is 1. The Hall–Kier alpha value is -1.24. The Morgan fingerprint density at radius 1 is 1.08 bits per heavy atom. The molecule has 0 spiro atoms. The van der Waals surface area contributed by atoms with Crippen molar-refractivity contribution in [2.75, 3.05) is 0 Å². The zero-order chi connectivity index (χ0) is 9.84. The summed E-state index contributed by atoms with van der Waals surface area (Å²) in [5.41, 5.74) is 2.22. The van der Waals surface area contributed by atoms with Crippen molar-refractivity contribution in [3.05, 3.63) is 35.6 Å². The van der Waals surface area contributed by atoms with Crippen LogP contribution >= 0.6 is 0 Å². The Balaban J connectivity index is 0.000000396. The molecule has 0 N–H and O–H groups in total. The highest BCUT2D eigenvalue weighted by molar-refractivity contribution is 5.80. The number of fused-ring (bicyclic) bond motifs is 1. The summed E-state index contributed by atoms with van der Waals surface area (Å²) < 4.78 is 5.50. The maximum atomic E-state index is 5.50. The Labute approximate surface area is 79.4 Å². The lowest BCUT2D eigenvalue weighted by atomic mass is 10.2. The third kappa shape index (κ3) is 1.92. The van der Waals surface area contributed by atoms with Crippen molar-refractivity contribution in [1.82, 2.24) is 0 Å². The molecule has 13 heavy (non-hydrogen) atoms. The Morgan fingerprint density at radius 2 is 1.77 bits per heavy atom. The van der Waals surface area contributed by atoms with Crippen molar-refractivity contribution < 1.29 is 4.42 Å². The van der Waals surface area contributed by atoms with Crippen molar-refractivity contribution in [3.8, 4) is 0 Å². The number of benzene rings is 1. The first kappa shape index (κ1) is 9.85. The second kappa shape index (κ2) is 4.13. The minimum Gasteiger partial charge on any atom is -0.461 e. The van der Waals surface area contributed by atoms with Crippen LogP contribution in [0.15, 0.2) is 28.7 Å². The first-order valence-electron chi connectivity index (χ1n) is 4.73. The molecule has 1 heterocycles. The highest BCUT2D eigenvalue weighted by Crippen LogP contribution is 2.21. The standard InChI is InChI=1S/C10H10O.C2H6/c1-7-4-3-5-9-6-8(2)11-10(7)9;1-2/h3-6H,1-2H3;1-2H3. The summed E-state index contributed by atoms with van der Waals surface area (Å²) in [5, 5.41) is 1.20. The second-order valence-corrected chi connectivity index (χ2v) is 2.85. The summed E-state index contributed by atoms with van der Waals surface area (Å²) in [6, 6.07) is 8.24. The van der Waals surface area contributed by atoms with E-state index >= 15 is 0 Å². The maximum absolute atomic E-state index is 5.50. The van der Waals surface area contributed by atoms with Crippen LogP contribution < -0.4 is 0 Å². The fourth-order valence-electron chi connectivity index (χ4n) is 1.34. The van der Waals surface area contributed by atoms with Crippen molar-refractivity contribution in [2.45, 2.75) is 27.7 Å². The van der Waals surface area contributed by atoms with Crippen LogP contribution in [0.5, 0.6) is 0 Å². The summed E-state index contributed by atoms with van der Waals surface area (Å²) in [7, 11) is 0. The van der Waals surface area contributed by atoms with Gasteiger partial charge in [0.1, 0.15) is 11.3 Å². The molecule has 1 aromatic carbocycles. The van der Waals surface area contributed by atoms with E-state index in [-0.39, 0.29) is 0 Å². The van der Waals surface area contributed by atoms with E-state index < -0.39 is 0 Å². The van der Waals surface area contributed by atoms with Crippen LogP contribution in [0.4, 0.5) is 0 Å². The van der Waals surface area contributed by atoms with E-state index in [4.69, 9.17) is 4.42 Å². The van der Waals surface area contributed by atoms with Gasteiger partial charge in [-0.25, -0.2) is 0 Å². The lowest BCUT2D eigenvalue weighted by molar-refractivity contribution is 0.576. The molecule has 0 atom stereocenters. The minimum absolute atomic E-state index is 0.981. The topological polar surface area (TPSA) is 13.1 Å². The third-order valence-corrected chi connectivity index (χ3v) is 1.86. The van der Waals surface area contributed by atoms with Gasteiger partial charge in [0, 0.05) is 5.39 Å². The summed E-state index contributed by atoms with van der Waals surface area (Å²) >= 11 is 0. The fraction of sp³-hybridized carbons (Fsp3) is 0.333.